The molecule has 0 radical (unpaired) electrons. The summed E-state index contributed by atoms with van der Waals surface area (Å²) in [4.78, 5) is 1.29. The van der Waals surface area contributed by atoms with Crippen molar-refractivity contribution in [1.29, 1.82) is 0 Å². The van der Waals surface area contributed by atoms with Gasteiger partial charge in [-0.2, -0.15) is 0 Å². The Morgan fingerprint density at radius 3 is 2.53 bits per heavy atom. The van der Waals surface area contributed by atoms with Gasteiger partial charge in [0.25, 0.3) is 0 Å². The molecule has 2 saturated carbocycles. The first-order valence-electron chi connectivity index (χ1n) is 6.60. The molecule has 1 heterocycles. The van der Waals surface area contributed by atoms with Crippen molar-refractivity contribution in [3.05, 3.63) is 21.9 Å². The Balaban J connectivity index is 2.21. The van der Waals surface area contributed by atoms with Crippen LogP contribution in [0.2, 0.25) is 0 Å². The Kier molecular flexibility index (Phi) is 2.18. The van der Waals surface area contributed by atoms with Gasteiger partial charge in [-0.15, -0.1) is 11.3 Å². The van der Waals surface area contributed by atoms with Crippen molar-refractivity contribution in [3.63, 3.8) is 0 Å². The van der Waals surface area contributed by atoms with Gasteiger partial charge < -0.3 is 5.11 Å². The predicted molar refractivity (Wildman–Crippen MR) is 72.2 cm³/mol. The number of aryl methyl sites for hydroxylation is 1. The second-order valence-electron chi connectivity index (χ2n) is 6.82. The van der Waals surface area contributed by atoms with Crippen molar-refractivity contribution in [2.75, 3.05) is 0 Å². The van der Waals surface area contributed by atoms with Crippen LogP contribution in [-0.4, -0.2) is 5.11 Å². The average Bonchev–Trinajstić information content (AvgIpc) is 2.86. The topological polar surface area (TPSA) is 20.2 Å². The summed E-state index contributed by atoms with van der Waals surface area (Å²) in [5.74, 6) is 0.678. The molecular formula is C15H22OS. The van der Waals surface area contributed by atoms with E-state index >= 15 is 0 Å². The van der Waals surface area contributed by atoms with Crippen molar-refractivity contribution in [2.24, 2.45) is 16.7 Å². The van der Waals surface area contributed by atoms with Crippen LogP contribution < -0.4 is 0 Å². The van der Waals surface area contributed by atoms with Gasteiger partial charge in [0.05, 0.1) is 0 Å². The summed E-state index contributed by atoms with van der Waals surface area (Å²) in [6.45, 7) is 8.96. The molecule has 2 fully saturated rings. The van der Waals surface area contributed by atoms with Gasteiger partial charge >= 0.3 is 0 Å². The van der Waals surface area contributed by atoms with E-state index in [4.69, 9.17) is 0 Å². The van der Waals surface area contributed by atoms with E-state index in [1.54, 1.807) is 11.3 Å². The van der Waals surface area contributed by atoms with E-state index in [0.29, 0.717) is 5.92 Å². The lowest BCUT2D eigenvalue weighted by Gasteiger charge is -2.51. The van der Waals surface area contributed by atoms with Gasteiger partial charge in [-0.1, -0.05) is 20.8 Å². The number of hydrogen-bond acceptors (Lipinski definition) is 2. The molecule has 0 aromatic carbocycles. The van der Waals surface area contributed by atoms with E-state index in [9.17, 15) is 5.11 Å². The standard InChI is InChI=1S/C15H22OS/c1-10-12(6-8-17-10)15(16)13(2,3)11-5-7-14(15,4)9-11/h6,8,11,16H,5,7,9H2,1-4H3. The molecule has 0 spiro atoms. The number of fused-ring (bicyclic) bond motifs is 2. The lowest BCUT2D eigenvalue weighted by Crippen LogP contribution is -2.51. The third-order valence-corrected chi connectivity index (χ3v) is 6.66. The summed E-state index contributed by atoms with van der Waals surface area (Å²) in [6, 6.07) is 2.15. The first-order valence-corrected chi connectivity index (χ1v) is 7.48. The number of thiophene rings is 1. The maximum atomic E-state index is 11.5. The molecule has 2 aliphatic carbocycles. The maximum Gasteiger partial charge on any atom is 0.101 e. The molecule has 0 amide bonds. The normalized spacial score (nSPS) is 43.2. The van der Waals surface area contributed by atoms with Crippen molar-refractivity contribution in [3.8, 4) is 0 Å². The first kappa shape index (κ1) is 11.7. The summed E-state index contributed by atoms with van der Waals surface area (Å²) in [6.07, 6.45) is 3.65. The van der Waals surface area contributed by atoms with Crippen LogP contribution in [0, 0.1) is 23.7 Å². The molecule has 1 nitrogen and oxygen atoms in total. The lowest BCUT2D eigenvalue weighted by atomic mass is 9.58. The van der Waals surface area contributed by atoms with E-state index in [0.717, 1.165) is 0 Å². The highest BCUT2D eigenvalue weighted by Crippen LogP contribution is 2.72. The maximum absolute atomic E-state index is 11.5. The molecule has 1 aromatic heterocycles. The fourth-order valence-corrected chi connectivity index (χ4v) is 5.44. The quantitative estimate of drug-likeness (QED) is 0.796. The summed E-state index contributed by atoms with van der Waals surface area (Å²) in [7, 11) is 0. The fraction of sp³-hybridized carbons (Fsp3) is 0.733. The van der Waals surface area contributed by atoms with Crippen LogP contribution in [0.25, 0.3) is 0 Å². The molecule has 94 valence electrons. The Bertz CT molecular complexity index is 454. The van der Waals surface area contributed by atoms with Gasteiger partial charge in [-0.3, -0.25) is 0 Å². The largest absolute Gasteiger partial charge is 0.384 e. The molecule has 2 aliphatic rings. The van der Waals surface area contributed by atoms with E-state index in [-0.39, 0.29) is 10.8 Å². The van der Waals surface area contributed by atoms with Crippen LogP contribution in [0.3, 0.4) is 0 Å². The highest BCUT2D eigenvalue weighted by atomic mass is 32.1. The highest BCUT2D eigenvalue weighted by molar-refractivity contribution is 7.10. The van der Waals surface area contributed by atoms with Crippen LogP contribution in [0.4, 0.5) is 0 Å². The Labute approximate surface area is 108 Å². The summed E-state index contributed by atoms with van der Waals surface area (Å²) < 4.78 is 0. The number of rotatable bonds is 1. The van der Waals surface area contributed by atoms with Crippen LogP contribution in [0.15, 0.2) is 11.4 Å². The molecule has 1 aromatic rings. The molecule has 17 heavy (non-hydrogen) atoms. The SMILES string of the molecule is Cc1sccc1C1(O)C2(C)CCC(C2)C1(C)C. The van der Waals surface area contributed by atoms with Crippen molar-refractivity contribution >= 4 is 11.3 Å². The van der Waals surface area contributed by atoms with Crippen molar-refractivity contribution in [1.82, 2.24) is 0 Å². The van der Waals surface area contributed by atoms with E-state index < -0.39 is 5.60 Å². The molecule has 3 unspecified atom stereocenters. The monoisotopic (exact) mass is 250 g/mol. The molecule has 0 aliphatic heterocycles. The zero-order valence-corrected chi connectivity index (χ0v) is 12.0. The highest BCUT2D eigenvalue weighted by Gasteiger charge is 2.69. The van der Waals surface area contributed by atoms with E-state index in [1.165, 1.54) is 29.7 Å². The third-order valence-electron chi connectivity index (χ3n) is 5.82. The second-order valence-corrected chi connectivity index (χ2v) is 7.94. The summed E-state index contributed by atoms with van der Waals surface area (Å²) in [5, 5.41) is 13.6. The van der Waals surface area contributed by atoms with Gasteiger partial charge in [0.2, 0.25) is 0 Å². The average molecular weight is 250 g/mol. The van der Waals surface area contributed by atoms with Crippen LogP contribution in [-0.2, 0) is 5.60 Å². The third kappa shape index (κ3) is 1.14. The Morgan fingerprint density at radius 2 is 2.06 bits per heavy atom. The van der Waals surface area contributed by atoms with Gasteiger partial charge in [-0.05, 0) is 49.1 Å². The van der Waals surface area contributed by atoms with Crippen molar-refractivity contribution < 1.29 is 5.11 Å². The van der Waals surface area contributed by atoms with E-state index in [2.05, 4.69) is 39.1 Å². The smallest absolute Gasteiger partial charge is 0.101 e. The van der Waals surface area contributed by atoms with Gasteiger partial charge in [0, 0.05) is 15.7 Å². The summed E-state index contributed by atoms with van der Waals surface area (Å²) in [5.41, 5.74) is 0.642. The van der Waals surface area contributed by atoms with Crippen LogP contribution in [0.5, 0.6) is 0 Å². The fourth-order valence-electron chi connectivity index (χ4n) is 4.69. The Hall–Kier alpha value is -0.340. The number of aliphatic hydroxyl groups is 1. The first-order chi connectivity index (χ1) is 7.83. The van der Waals surface area contributed by atoms with Gasteiger partial charge in [-0.25, -0.2) is 0 Å². The molecule has 0 saturated heterocycles. The van der Waals surface area contributed by atoms with Crippen molar-refractivity contribution in [2.45, 2.75) is 52.6 Å². The van der Waals surface area contributed by atoms with E-state index in [1.807, 2.05) is 0 Å². The molecule has 1 N–H and O–H groups in total. The minimum absolute atomic E-state index is 0.00579. The summed E-state index contributed by atoms with van der Waals surface area (Å²) >= 11 is 1.76. The molecule has 2 heteroatoms. The van der Waals surface area contributed by atoms with Gasteiger partial charge in [0.1, 0.15) is 5.60 Å². The van der Waals surface area contributed by atoms with Gasteiger partial charge in [0.15, 0.2) is 0 Å². The molecule has 3 atom stereocenters. The zero-order valence-electron chi connectivity index (χ0n) is 11.2. The number of hydrogen-bond donors (Lipinski definition) is 1. The molecular weight excluding hydrogens is 228 g/mol. The van der Waals surface area contributed by atoms with Crippen LogP contribution in [0.1, 0.15) is 50.5 Å². The minimum atomic E-state index is -0.632. The molecule has 2 bridgehead atoms. The Morgan fingerprint density at radius 1 is 1.35 bits per heavy atom. The minimum Gasteiger partial charge on any atom is -0.384 e. The van der Waals surface area contributed by atoms with Crippen LogP contribution >= 0.6 is 11.3 Å². The predicted octanol–water partition coefficient (Wildman–Crippen LogP) is 4.09. The lowest BCUT2D eigenvalue weighted by molar-refractivity contribution is -0.150. The molecule has 3 rings (SSSR count). The zero-order chi connectivity index (χ0) is 12.5. The second kappa shape index (κ2) is 3.16.